The van der Waals surface area contributed by atoms with Gasteiger partial charge in [-0.1, -0.05) is 12.1 Å². The third-order valence-electron chi connectivity index (χ3n) is 6.99. The Morgan fingerprint density at radius 3 is 2.83 bits per heavy atom. The Hall–Kier alpha value is -2.47. The van der Waals surface area contributed by atoms with Gasteiger partial charge in [-0.25, -0.2) is 9.97 Å². The molecule has 1 aromatic heterocycles. The van der Waals surface area contributed by atoms with Crippen molar-refractivity contribution in [1.82, 2.24) is 20.2 Å². The molecule has 3 aliphatic rings. The largest absolute Gasteiger partial charge is 0.496 e. The van der Waals surface area contributed by atoms with Gasteiger partial charge in [-0.05, 0) is 55.8 Å². The van der Waals surface area contributed by atoms with Gasteiger partial charge in [0.05, 0.1) is 12.8 Å². The molecule has 3 fully saturated rings. The molecule has 0 bridgehead atoms. The maximum atomic E-state index is 12.9. The van der Waals surface area contributed by atoms with Crippen molar-refractivity contribution in [2.45, 2.75) is 31.6 Å². The first-order valence-electron chi connectivity index (χ1n) is 10.7. The summed E-state index contributed by atoms with van der Waals surface area (Å²) in [7, 11) is 1.68. The number of carbonyl (C=O) groups is 1. The molecule has 6 nitrogen and oxygen atoms in total. The Balaban J connectivity index is 1.25. The van der Waals surface area contributed by atoms with Crippen molar-refractivity contribution >= 4 is 5.91 Å². The zero-order valence-electron chi connectivity index (χ0n) is 16.9. The average molecular weight is 393 g/mol. The molecule has 1 amide bonds. The van der Waals surface area contributed by atoms with Crippen LogP contribution in [-0.2, 0) is 4.79 Å². The summed E-state index contributed by atoms with van der Waals surface area (Å²) in [5, 5.41) is 3.42. The Labute approximate surface area is 171 Å². The predicted molar refractivity (Wildman–Crippen MR) is 111 cm³/mol. The first-order valence-corrected chi connectivity index (χ1v) is 10.7. The van der Waals surface area contributed by atoms with Crippen LogP contribution in [0.1, 0.15) is 37.4 Å². The third-order valence-corrected chi connectivity index (χ3v) is 6.99. The third kappa shape index (κ3) is 3.39. The molecular weight excluding hydrogens is 364 g/mol. The lowest BCUT2D eigenvalue weighted by Crippen LogP contribution is -2.40. The number of methoxy groups -OCH3 is 1. The highest BCUT2D eigenvalue weighted by atomic mass is 16.5. The number of nitrogens with zero attached hydrogens (tertiary/aromatic N) is 3. The minimum Gasteiger partial charge on any atom is -0.496 e. The van der Waals surface area contributed by atoms with Gasteiger partial charge in [-0.3, -0.25) is 4.79 Å². The summed E-state index contributed by atoms with van der Waals surface area (Å²) < 4.78 is 5.48. The second-order valence-electron chi connectivity index (χ2n) is 8.65. The molecule has 29 heavy (non-hydrogen) atoms. The number of likely N-dealkylation sites (tertiary alicyclic amines) is 1. The van der Waals surface area contributed by atoms with Gasteiger partial charge in [-0.2, -0.15) is 0 Å². The lowest BCUT2D eigenvalue weighted by Gasteiger charge is -2.32. The topological polar surface area (TPSA) is 67.3 Å². The van der Waals surface area contributed by atoms with Crippen molar-refractivity contribution in [3.63, 3.8) is 0 Å². The van der Waals surface area contributed by atoms with E-state index in [0.29, 0.717) is 11.8 Å². The zero-order valence-corrected chi connectivity index (χ0v) is 16.9. The number of benzene rings is 1. The Bertz CT molecular complexity index is 901. The summed E-state index contributed by atoms with van der Waals surface area (Å²) in [4.78, 5) is 24.4. The number of nitrogens with one attached hydrogen (secondary N) is 1. The number of hydrogen-bond donors (Lipinski definition) is 1. The molecule has 1 aromatic carbocycles. The Morgan fingerprint density at radius 1 is 1.24 bits per heavy atom. The minimum absolute atomic E-state index is 0.249. The molecule has 0 radical (unpaired) electrons. The zero-order chi connectivity index (χ0) is 19.8. The second kappa shape index (κ2) is 7.41. The van der Waals surface area contributed by atoms with Gasteiger partial charge < -0.3 is 15.0 Å². The molecule has 1 N–H and O–H groups in total. The lowest BCUT2D eigenvalue weighted by molar-refractivity contribution is -0.134. The van der Waals surface area contributed by atoms with E-state index in [0.717, 1.165) is 74.7 Å². The molecule has 152 valence electrons. The second-order valence-corrected chi connectivity index (χ2v) is 8.65. The van der Waals surface area contributed by atoms with Crippen LogP contribution >= 0.6 is 0 Å². The fourth-order valence-electron chi connectivity index (χ4n) is 5.09. The van der Waals surface area contributed by atoms with E-state index in [4.69, 9.17) is 9.72 Å². The van der Waals surface area contributed by atoms with E-state index in [9.17, 15) is 4.79 Å². The molecule has 2 saturated heterocycles. The van der Waals surface area contributed by atoms with E-state index in [1.54, 1.807) is 7.11 Å². The lowest BCUT2D eigenvalue weighted by atomic mass is 9.94. The highest BCUT2D eigenvalue weighted by molar-refractivity contribution is 5.83. The van der Waals surface area contributed by atoms with Crippen LogP contribution < -0.4 is 10.1 Å². The number of carbonyl (C=O) groups excluding carboxylic acids is 1. The SMILES string of the molecule is COc1ccccc1-c1ccnc(C2CCN(C(=O)C3CC34CCNC4)CC2)n1. The highest BCUT2D eigenvalue weighted by Crippen LogP contribution is 2.57. The summed E-state index contributed by atoms with van der Waals surface area (Å²) in [6.07, 6.45) is 5.92. The number of aromatic nitrogens is 2. The fraction of sp³-hybridized carbons (Fsp3) is 0.522. The molecule has 2 aromatic rings. The van der Waals surface area contributed by atoms with Crippen LogP contribution in [0.3, 0.4) is 0 Å². The fourth-order valence-corrected chi connectivity index (χ4v) is 5.09. The van der Waals surface area contributed by atoms with E-state index in [1.165, 1.54) is 0 Å². The summed E-state index contributed by atoms with van der Waals surface area (Å²) in [6.45, 7) is 3.70. The van der Waals surface area contributed by atoms with Gasteiger partial charge in [-0.15, -0.1) is 0 Å². The monoisotopic (exact) mass is 392 g/mol. The van der Waals surface area contributed by atoms with Crippen LogP contribution in [0.15, 0.2) is 36.5 Å². The van der Waals surface area contributed by atoms with Crippen molar-refractivity contribution in [2.24, 2.45) is 11.3 Å². The van der Waals surface area contributed by atoms with Crippen molar-refractivity contribution in [3.8, 4) is 17.0 Å². The number of ether oxygens (including phenoxy) is 1. The number of amides is 1. The molecule has 1 spiro atoms. The van der Waals surface area contributed by atoms with Crippen molar-refractivity contribution in [1.29, 1.82) is 0 Å². The van der Waals surface area contributed by atoms with E-state index in [2.05, 4.69) is 15.2 Å². The van der Waals surface area contributed by atoms with Crippen LogP contribution in [0.5, 0.6) is 5.75 Å². The van der Waals surface area contributed by atoms with Gasteiger partial charge in [0.2, 0.25) is 5.91 Å². The van der Waals surface area contributed by atoms with Crippen LogP contribution in [-0.4, -0.2) is 54.1 Å². The molecular formula is C23H28N4O2. The smallest absolute Gasteiger partial charge is 0.226 e. The summed E-state index contributed by atoms with van der Waals surface area (Å²) in [5.41, 5.74) is 2.15. The van der Waals surface area contributed by atoms with Gasteiger partial charge in [0.25, 0.3) is 0 Å². The van der Waals surface area contributed by atoms with Gasteiger partial charge in [0, 0.05) is 43.2 Å². The van der Waals surface area contributed by atoms with Crippen LogP contribution in [0.2, 0.25) is 0 Å². The van der Waals surface area contributed by atoms with Crippen molar-refractivity contribution in [3.05, 3.63) is 42.4 Å². The number of hydrogen-bond acceptors (Lipinski definition) is 5. The van der Waals surface area contributed by atoms with Gasteiger partial charge in [0.1, 0.15) is 11.6 Å². The highest BCUT2D eigenvalue weighted by Gasteiger charge is 2.59. The normalized spacial score (nSPS) is 26.7. The molecule has 2 atom stereocenters. The predicted octanol–water partition coefficient (Wildman–Crippen LogP) is 2.86. The van der Waals surface area contributed by atoms with E-state index >= 15 is 0 Å². The standard InChI is InChI=1S/C23H28N4O2/c1-29-20-5-3-2-4-17(20)19-6-10-25-21(26-19)16-7-12-27(13-8-16)22(28)18-14-23(18)9-11-24-15-23/h2-6,10,16,18,24H,7-9,11-15H2,1H3. The molecule has 6 heteroatoms. The quantitative estimate of drug-likeness (QED) is 0.867. The average Bonchev–Trinajstić information content (AvgIpc) is 3.29. The summed E-state index contributed by atoms with van der Waals surface area (Å²) in [6, 6.07) is 9.86. The first kappa shape index (κ1) is 18.6. The Morgan fingerprint density at radius 2 is 2.07 bits per heavy atom. The van der Waals surface area contributed by atoms with Crippen LogP contribution in [0.4, 0.5) is 0 Å². The van der Waals surface area contributed by atoms with Gasteiger partial charge in [0.15, 0.2) is 0 Å². The molecule has 5 rings (SSSR count). The van der Waals surface area contributed by atoms with E-state index < -0.39 is 0 Å². The molecule has 3 heterocycles. The maximum absolute atomic E-state index is 12.9. The number of piperidine rings is 1. The minimum atomic E-state index is 0.249. The molecule has 2 unspecified atom stereocenters. The van der Waals surface area contributed by atoms with Crippen LogP contribution in [0, 0.1) is 11.3 Å². The molecule has 1 saturated carbocycles. The van der Waals surface area contributed by atoms with Crippen molar-refractivity contribution < 1.29 is 9.53 Å². The first-order chi connectivity index (χ1) is 14.2. The van der Waals surface area contributed by atoms with Crippen molar-refractivity contribution in [2.75, 3.05) is 33.3 Å². The number of para-hydroxylation sites is 1. The Kier molecular flexibility index (Phi) is 4.74. The van der Waals surface area contributed by atoms with Crippen LogP contribution in [0.25, 0.3) is 11.3 Å². The van der Waals surface area contributed by atoms with Gasteiger partial charge >= 0.3 is 0 Å². The summed E-state index contributed by atoms with van der Waals surface area (Å²) >= 11 is 0. The number of rotatable bonds is 4. The molecule has 1 aliphatic carbocycles. The van der Waals surface area contributed by atoms with E-state index in [-0.39, 0.29) is 11.3 Å². The molecule has 2 aliphatic heterocycles. The van der Waals surface area contributed by atoms with E-state index in [1.807, 2.05) is 36.5 Å². The maximum Gasteiger partial charge on any atom is 0.226 e. The summed E-state index contributed by atoms with van der Waals surface area (Å²) in [5.74, 6) is 2.62.